The molecule has 0 unspecified atom stereocenters. The molecule has 1 fully saturated rings. The fourth-order valence-corrected chi connectivity index (χ4v) is 3.70. The summed E-state index contributed by atoms with van der Waals surface area (Å²) in [6.45, 7) is 5.31. The minimum Gasteiger partial charge on any atom is -0.348 e. The molecular formula is C17H23N3S. The third-order valence-electron chi connectivity index (χ3n) is 3.90. The van der Waals surface area contributed by atoms with Crippen molar-refractivity contribution in [1.82, 2.24) is 10.3 Å². The first-order valence-electron chi connectivity index (χ1n) is 7.76. The van der Waals surface area contributed by atoms with Crippen LogP contribution in [0.25, 0.3) is 11.3 Å². The van der Waals surface area contributed by atoms with E-state index >= 15 is 0 Å². The number of aromatic nitrogens is 1. The van der Waals surface area contributed by atoms with Gasteiger partial charge >= 0.3 is 0 Å². The van der Waals surface area contributed by atoms with Crippen LogP contribution < -0.4 is 10.2 Å². The monoisotopic (exact) mass is 301 g/mol. The average molecular weight is 301 g/mol. The van der Waals surface area contributed by atoms with E-state index in [0.717, 1.165) is 31.2 Å². The molecule has 2 aromatic rings. The smallest absolute Gasteiger partial charge is 0.186 e. The number of benzene rings is 1. The molecule has 1 aromatic heterocycles. The van der Waals surface area contributed by atoms with Crippen molar-refractivity contribution in [2.45, 2.75) is 26.3 Å². The van der Waals surface area contributed by atoms with Crippen LogP contribution in [0.1, 0.15) is 24.6 Å². The summed E-state index contributed by atoms with van der Waals surface area (Å²) < 4.78 is 0. The molecule has 112 valence electrons. The maximum absolute atomic E-state index is 4.96. The van der Waals surface area contributed by atoms with E-state index in [4.69, 9.17) is 4.98 Å². The Hall–Kier alpha value is -1.39. The minimum atomic E-state index is 0.878. The van der Waals surface area contributed by atoms with Crippen molar-refractivity contribution >= 4 is 16.5 Å². The van der Waals surface area contributed by atoms with Crippen molar-refractivity contribution < 1.29 is 0 Å². The second-order valence-electron chi connectivity index (χ2n) is 5.65. The van der Waals surface area contributed by atoms with Crippen LogP contribution in [0.5, 0.6) is 0 Å². The zero-order chi connectivity index (χ0) is 14.7. The third-order valence-corrected chi connectivity index (χ3v) is 5.01. The van der Waals surface area contributed by atoms with Gasteiger partial charge in [-0.05, 0) is 32.7 Å². The van der Waals surface area contributed by atoms with E-state index in [1.165, 1.54) is 28.4 Å². The number of nitrogens with zero attached hydrogens (tertiary/aromatic N) is 2. The topological polar surface area (TPSA) is 28.2 Å². The lowest BCUT2D eigenvalue weighted by Gasteiger charge is -2.19. The second-order valence-corrected chi connectivity index (χ2v) is 6.71. The molecule has 0 bridgehead atoms. The molecule has 1 aliphatic rings. The van der Waals surface area contributed by atoms with Crippen molar-refractivity contribution in [2.24, 2.45) is 5.92 Å². The van der Waals surface area contributed by atoms with Gasteiger partial charge in [-0.2, -0.15) is 0 Å². The molecule has 1 heterocycles. The van der Waals surface area contributed by atoms with Gasteiger partial charge in [0.25, 0.3) is 0 Å². The van der Waals surface area contributed by atoms with E-state index in [9.17, 15) is 0 Å². The van der Waals surface area contributed by atoms with Gasteiger partial charge in [-0.3, -0.25) is 0 Å². The van der Waals surface area contributed by atoms with Gasteiger partial charge in [-0.25, -0.2) is 4.98 Å². The fraction of sp³-hybridized carbons (Fsp3) is 0.471. The summed E-state index contributed by atoms with van der Waals surface area (Å²) in [5.74, 6) is 0.891. The highest BCUT2D eigenvalue weighted by atomic mass is 32.1. The summed E-state index contributed by atoms with van der Waals surface area (Å²) in [6, 6.07) is 10.5. The Morgan fingerprint density at radius 3 is 2.67 bits per heavy atom. The third kappa shape index (κ3) is 3.44. The Bertz CT molecular complexity index is 575. The molecular weight excluding hydrogens is 278 g/mol. The molecule has 0 spiro atoms. The molecule has 1 aliphatic carbocycles. The lowest BCUT2D eigenvalue weighted by molar-refractivity contribution is 0.739. The number of rotatable bonds is 7. The minimum absolute atomic E-state index is 0.878. The van der Waals surface area contributed by atoms with Crippen LogP contribution in [0.3, 0.4) is 0 Å². The standard InChI is InChI=1S/C17H23N3S/c1-3-20(12-13-9-10-13)17-19-16(15(21-17)11-18-2)14-7-5-4-6-8-14/h4-8,13,18H,3,9-12H2,1-2H3. The van der Waals surface area contributed by atoms with E-state index < -0.39 is 0 Å². The summed E-state index contributed by atoms with van der Waals surface area (Å²) in [5.41, 5.74) is 2.35. The Kier molecular flexibility index (Phi) is 4.56. The maximum atomic E-state index is 4.96. The van der Waals surface area contributed by atoms with Crippen LogP contribution in [0.2, 0.25) is 0 Å². The summed E-state index contributed by atoms with van der Waals surface area (Å²) in [7, 11) is 2.00. The van der Waals surface area contributed by atoms with Crippen LogP contribution >= 0.6 is 11.3 Å². The molecule has 1 aromatic carbocycles. The normalized spacial score (nSPS) is 14.4. The Balaban J connectivity index is 1.91. The number of hydrogen-bond donors (Lipinski definition) is 1. The Morgan fingerprint density at radius 1 is 1.29 bits per heavy atom. The molecule has 3 rings (SSSR count). The van der Waals surface area contributed by atoms with Crippen molar-refractivity contribution in [1.29, 1.82) is 0 Å². The maximum Gasteiger partial charge on any atom is 0.186 e. The van der Waals surface area contributed by atoms with Gasteiger partial charge in [0, 0.05) is 30.1 Å². The van der Waals surface area contributed by atoms with Crippen molar-refractivity contribution in [3.63, 3.8) is 0 Å². The van der Waals surface area contributed by atoms with Gasteiger partial charge in [0.05, 0.1) is 5.69 Å². The molecule has 21 heavy (non-hydrogen) atoms. The molecule has 1 saturated carbocycles. The van der Waals surface area contributed by atoms with E-state index in [1.54, 1.807) is 0 Å². The van der Waals surface area contributed by atoms with Crippen molar-refractivity contribution in [2.75, 3.05) is 25.0 Å². The van der Waals surface area contributed by atoms with Crippen LogP contribution in [0.15, 0.2) is 30.3 Å². The molecule has 4 heteroatoms. The van der Waals surface area contributed by atoms with Gasteiger partial charge in [-0.1, -0.05) is 41.7 Å². The van der Waals surface area contributed by atoms with Crippen molar-refractivity contribution in [3.05, 3.63) is 35.2 Å². The first-order chi connectivity index (χ1) is 10.3. The number of anilines is 1. The Labute approximate surface area is 131 Å². The van der Waals surface area contributed by atoms with Crippen LogP contribution in [-0.4, -0.2) is 25.1 Å². The first kappa shape index (κ1) is 14.5. The molecule has 0 saturated heterocycles. The molecule has 0 radical (unpaired) electrons. The zero-order valence-corrected chi connectivity index (χ0v) is 13.6. The van der Waals surface area contributed by atoms with Crippen LogP contribution in [0.4, 0.5) is 5.13 Å². The molecule has 0 amide bonds. The quantitative estimate of drug-likeness (QED) is 0.844. The van der Waals surface area contributed by atoms with Gasteiger partial charge in [0.15, 0.2) is 5.13 Å². The molecule has 3 nitrogen and oxygen atoms in total. The number of nitrogens with one attached hydrogen (secondary N) is 1. The number of hydrogen-bond acceptors (Lipinski definition) is 4. The highest BCUT2D eigenvalue weighted by Gasteiger charge is 2.25. The van der Waals surface area contributed by atoms with E-state index in [0.29, 0.717) is 0 Å². The molecule has 1 N–H and O–H groups in total. The van der Waals surface area contributed by atoms with Crippen LogP contribution in [-0.2, 0) is 6.54 Å². The van der Waals surface area contributed by atoms with Gasteiger partial charge in [0.2, 0.25) is 0 Å². The summed E-state index contributed by atoms with van der Waals surface area (Å²) in [6.07, 6.45) is 2.77. The highest BCUT2D eigenvalue weighted by Crippen LogP contribution is 2.36. The second kappa shape index (κ2) is 6.58. The van der Waals surface area contributed by atoms with E-state index in [-0.39, 0.29) is 0 Å². The summed E-state index contributed by atoms with van der Waals surface area (Å²) >= 11 is 1.83. The van der Waals surface area contributed by atoms with Crippen LogP contribution in [0, 0.1) is 5.92 Å². The SMILES string of the molecule is CCN(CC1CC1)c1nc(-c2ccccc2)c(CNC)s1. The summed E-state index contributed by atoms with van der Waals surface area (Å²) in [5, 5.41) is 4.44. The predicted octanol–water partition coefficient (Wildman–Crippen LogP) is 3.77. The highest BCUT2D eigenvalue weighted by molar-refractivity contribution is 7.16. The molecule has 0 aliphatic heterocycles. The largest absolute Gasteiger partial charge is 0.348 e. The predicted molar refractivity (Wildman–Crippen MR) is 90.9 cm³/mol. The van der Waals surface area contributed by atoms with Crippen molar-refractivity contribution in [3.8, 4) is 11.3 Å². The summed E-state index contributed by atoms with van der Waals surface area (Å²) in [4.78, 5) is 8.72. The lowest BCUT2D eigenvalue weighted by Crippen LogP contribution is -2.24. The fourth-order valence-electron chi connectivity index (χ4n) is 2.53. The Morgan fingerprint density at radius 2 is 2.05 bits per heavy atom. The van der Waals surface area contributed by atoms with E-state index in [1.807, 2.05) is 18.4 Å². The van der Waals surface area contributed by atoms with Gasteiger partial charge in [0.1, 0.15) is 0 Å². The first-order valence-corrected chi connectivity index (χ1v) is 8.58. The van der Waals surface area contributed by atoms with Gasteiger partial charge < -0.3 is 10.2 Å². The van der Waals surface area contributed by atoms with Gasteiger partial charge in [-0.15, -0.1) is 0 Å². The lowest BCUT2D eigenvalue weighted by atomic mass is 10.1. The number of thiazole rings is 1. The van der Waals surface area contributed by atoms with E-state index in [2.05, 4.69) is 47.5 Å². The zero-order valence-electron chi connectivity index (χ0n) is 12.8. The average Bonchev–Trinajstić information content (AvgIpc) is 3.25. The molecule has 0 atom stereocenters.